The number of carbonyl (C=O) groups is 1. The second-order valence-corrected chi connectivity index (χ2v) is 3.54. The molecule has 0 radical (unpaired) electrons. The molecule has 1 amide bonds. The van der Waals surface area contributed by atoms with E-state index in [1.165, 1.54) is 6.07 Å². The van der Waals surface area contributed by atoms with Crippen molar-refractivity contribution in [2.75, 3.05) is 18.4 Å². The molecule has 0 aliphatic carbocycles. The van der Waals surface area contributed by atoms with Crippen molar-refractivity contribution in [3.8, 4) is 0 Å². The maximum atomic E-state index is 13.4. The van der Waals surface area contributed by atoms with Crippen molar-refractivity contribution in [3.05, 3.63) is 34.1 Å². The molecule has 98 valence electrons. The molecule has 1 aromatic carbocycles. The Bertz CT molecular complexity index is 451. The van der Waals surface area contributed by atoms with Gasteiger partial charge in [-0.25, -0.2) is 4.39 Å². The Morgan fingerprint density at radius 2 is 2.22 bits per heavy atom. The number of benzene rings is 1. The van der Waals surface area contributed by atoms with Crippen LogP contribution >= 0.6 is 0 Å². The fourth-order valence-corrected chi connectivity index (χ4v) is 1.37. The van der Waals surface area contributed by atoms with Gasteiger partial charge >= 0.3 is 0 Å². The van der Waals surface area contributed by atoms with Crippen molar-refractivity contribution < 1.29 is 14.1 Å². The SMILES string of the molecule is CCNCCC(=O)Nc1c(F)cccc1[N+](=O)[O-]. The summed E-state index contributed by atoms with van der Waals surface area (Å²) in [6.07, 6.45) is 0.124. The minimum Gasteiger partial charge on any atom is -0.318 e. The molecule has 0 aromatic heterocycles. The molecule has 0 saturated carbocycles. The normalized spacial score (nSPS) is 10.1. The highest BCUT2D eigenvalue weighted by molar-refractivity contribution is 5.93. The molecule has 18 heavy (non-hydrogen) atoms. The molecule has 0 aliphatic rings. The maximum absolute atomic E-state index is 13.4. The second kappa shape index (κ2) is 6.65. The van der Waals surface area contributed by atoms with Gasteiger partial charge in [0.1, 0.15) is 0 Å². The number of hydrogen-bond acceptors (Lipinski definition) is 4. The molecule has 0 spiro atoms. The van der Waals surface area contributed by atoms with Crippen LogP contribution in [-0.4, -0.2) is 23.9 Å². The Kier molecular flexibility index (Phi) is 5.19. The summed E-state index contributed by atoms with van der Waals surface area (Å²) in [7, 11) is 0. The average molecular weight is 255 g/mol. The lowest BCUT2D eigenvalue weighted by atomic mass is 10.2. The molecular formula is C11H14FN3O3. The van der Waals surface area contributed by atoms with Crippen molar-refractivity contribution in [1.29, 1.82) is 0 Å². The van der Waals surface area contributed by atoms with E-state index in [4.69, 9.17) is 0 Å². The molecular weight excluding hydrogens is 241 g/mol. The summed E-state index contributed by atoms with van der Waals surface area (Å²) in [5.74, 6) is -1.29. The van der Waals surface area contributed by atoms with E-state index in [9.17, 15) is 19.3 Å². The summed E-state index contributed by atoms with van der Waals surface area (Å²) in [5.41, 5.74) is -0.837. The van der Waals surface area contributed by atoms with E-state index < -0.39 is 22.3 Å². The molecule has 0 atom stereocenters. The Hall–Kier alpha value is -2.02. The highest BCUT2D eigenvalue weighted by Crippen LogP contribution is 2.26. The van der Waals surface area contributed by atoms with Crippen LogP contribution in [0, 0.1) is 15.9 Å². The van der Waals surface area contributed by atoms with Gasteiger partial charge in [0.25, 0.3) is 5.69 Å². The summed E-state index contributed by atoms with van der Waals surface area (Å²) in [5, 5.41) is 15.8. The first-order valence-corrected chi connectivity index (χ1v) is 5.49. The number of nitrogens with zero attached hydrogens (tertiary/aromatic N) is 1. The van der Waals surface area contributed by atoms with Crippen LogP contribution in [0.4, 0.5) is 15.8 Å². The number of rotatable bonds is 6. The van der Waals surface area contributed by atoms with Gasteiger partial charge in [0, 0.05) is 19.0 Å². The van der Waals surface area contributed by atoms with Gasteiger partial charge in [0.2, 0.25) is 5.91 Å². The van der Waals surface area contributed by atoms with Gasteiger partial charge in [-0.3, -0.25) is 14.9 Å². The summed E-state index contributed by atoms with van der Waals surface area (Å²) in [4.78, 5) is 21.4. The van der Waals surface area contributed by atoms with Crippen LogP contribution in [0.5, 0.6) is 0 Å². The molecule has 0 fully saturated rings. The highest BCUT2D eigenvalue weighted by atomic mass is 19.1. The molecule has 0 aliphatic heterocycles. The number of hydrogen-bond donors (Lipinski definition) is 2. The zero-order chi connectivity index (χ0) is 13.5. The second-order valence-electron chi connectivity index (χ2n) is 3.54. The third-order valence-electron chi connectivity index (χ3n) is 2.23. The predicted molar refractivity (Wildman–Crippen MR) is 64.8 cm³/mol. The molecule has 0 saturated heterocycles. The van der Waals surface area contributed by atoms with Gasteiger partial charge in [-0.1, -0.05) is 13.0 Å². The first kappa shape index (κ1) is 14.0. The summed E-state index contributed by atoms with van der Waals surface area (Å²) in [6.45, 7) is 3.04. The van der Waals surface area contributed by atoms with Crippen LogP contribution in [0.3, 0.4) is 0 Å². The van der Waals surface area contributed by atoms with Crippen LogP contribution in [-0.2, 0) is 4.79 Å². The molecule has 1 rings (SSSR count). The Morgan fingerprint density at radius 3 is 2.83 bits per heavy atom. The number of carbonyl (C=O) groups excluding carboxylic acids is 1. The number of nitro groups is 1. The smallest absolute Gasteiger partial charge is 0.295 e. The highest BCUT2D eigenvalue weighted by Gasteiger charge is 2.19. The number of para-hydroxylation sites is 1. The van der Waals surface area contributed by atoms with E-state index in [1.807, 2.05) is 6.92 Å². The van der Waals surface area contributed by atoms with Crippen molar-refractivity contribution in [2.45, 2.75) is 13.3 Å². The van der Waals surface area contributed by atoms with Crippen LogP contribution < -0.4 is 10.6 Å². The lowest BCUT2D eigenvalue weighted by Crippen LogP contribution is -2.22. The van der Waals surface area contributed by atoms with Crippen molar-refractivity contribution in [2.24, 2.45) is 0 Å². The quantitative estimate of drug-likeness (QED) is 0.460. The van der Waals surface area contributed by atoms with Gasteiger partial charge in [0.15, 0.2) is 11.5 Å². The van der Waals surface area contributed by atoms with Gasteiger partial charge in [0.05, 0.1) is 4.92 Å². The number of amides is 1. The summed E-state index contributed by atoms with van der Waals surface area (Å²) in [6, 6.07) is 3.43. The zero-order valence-corrected chi connectivity index (χ0v) is 9.90. The van der Waals surface area contributed by atoms with Crippen LogP contribution in [0.2, 0.25) is 0 Å². The van der Waals surface area contributed by atoms with Gasteiger partial charge in [-0.05, 0) is 12.6 Å². The topological polar surface area (TPSA) is 84.3 Å². The van der Waals surface area contributed by atoms with E-state index in [1.54, 1.807) is 0 Å². The Balaban J connectivity index is 2.77. The lowest BCUT2D eigenvalue weighted by Gasteiger charge is -2.07. The minimum absolute atomic E-state index is 0.124. The Morgan fingerprint density at radius 1 is 1.50 bits per heavy atom. The largest absolute Gasteiger partial charge is 0.318 e. The maximum Gasteiger partial charge on any atom is 0.295 e. The van der Waals surface area contributed by atoms with Crippen LogP contribution in [0.1, 0.15) is 13.3 Å². The van der Waals surface area contributed by atoms with E-state index in [0.29, 0.717) is 13.1 Å². The van der Waals surface area contributed by atoms with Crippen molar-refractivity contribution in [1.82, 2.24) is 5.32 Å². The van der Waals surface area contributed by atoms with Crippen LogP contribution in [0.25, 0.3) is 0 Å². The van der Waals surface area contributed by atoms with Crippen molar-refractivity contribution >= 4 is 17.3 Å². The zero-order valence-electron chi connectivity index (χ0n) is 9.90. The monoisotopic (exact) mass is 255 g/mol. The molecule has 0 bridgehead atoms. The third kappa shape index (κ3) is 3.77. The Labute approximate surface area is 103 Å². The predicted octanol–water partition coefficient (Wildman–Crippen LogP) is 1.67. The molecule has 7 heteroatoms. The van der Waals surface area contributed by atoms with Gasteiger partial charge in [-0.2, -0.15) is 0 Å². The minimum atomic E-state index is -0.819. The third-order valence-corrected chi connectivity index (χ3v) is 2.23. The fourth-order valence-electron chi connectivity index (χ4n) is 1.37. The number of halogens is 1. The van der Waals surface area contributed by atoms with Gasteiger partial charge in [-0.15, -0.1) is 0 Å². The molecule has 2 N–H and O–H groups in total. The molecule has 0 unspecified atom stereocenters. The van der Waals surface area contributed by atoms with Gasteiger partial charge < -0.3 is 10.6 Å². The lowest BCUT2D eigenvalue weighted by molar-refractivity contribution is -0.384. The molecule has 1 aromatic rings. The van der Waals surface area contributed by atoms with Crippen molar-refractivity contribution in [3.63, 3.8) is 0 Å². The van der Waals surface area contributed by atoms with E-state index in [0.717, 1.165) is 12.1 Å². The molecule has 0 heterocycles. The fraction of sp³-hybridized carbons (Fsp3) is 0.364. The average Bonchev–Trinajstić information content (AvgIpc) is 2.31. The summed E-state index contributed by atoms with van der Waals surface area (Å²) < 4.78 is 13.4. The number of anilines is 1. The van der Waals surface area contributed by atoms with Crippen LogP contribution in [0.15, 0.2) is 18.2 Å². The summed E-state index contributed by atoms with van der Waals surface area (Å²) >= 11 is 0. The molecule has 6 nitrogen and oxygen atoms in total. The number of nitrogens with one attached hydrogen (secondary N) is 2. The standard InChI is InChI=1S/C11H14FN3O3/c1-2-13-7-6-10(16)14-11-8(12)4-3-5-9(11)15(17)18/h3-5,13H,2,6-7H2,1H3,(H,14,16). The number of nitro benzene ring substituents is 1. The van der Waals surface area contributed by atoms with E-state index >= 15 is 0 Å². The van der Waals surface area contributed by atoms with E-state index in [2.05, 4.69) is 10.6 Å². The van der Waals surface area contributed by atoms with E-state index in [-0.39, 0.29) is 12.1 Å². The first-order valence-electron chi connectivity index (χ1n) is 5.49. The first-order chi connectivity index (χ1) is 8.56.